The summed E-state index contributed by atoms with van der Waals surface area (Å²) in [4.78, 5) is 9.60. The standard InChI is InChI=1S/C4H7NO4S/c1-4(5(6)7)2-10(8,9)3-4/h2-3H2,1H3. The maximum atomic E-state index is 10.5. The average molecular weight is 165 g/mol. The largest absolute Gasteiger partial charge is 0.264 e. The van der Waals surface area contributed by atoms with E-state index in [1.807, 2.05) is 0 Å². The lowest BCUT2D eigenvalue weighted by molar-refractivity contribution is -0.556. The number of sulfone groups is 1. The zero-order valence-corrected chi connectivity index (χ0v) is 6.22. The number of hydrogen-bond acceptors (Lipinski definition) is 4. The lowest BCUT2D eigenvalue weighted by atomic mass is 10.1. The number of nitro groups is 1. The summed E-state index contributed by atoms with van der Waals surface area (Å²) in [5.74, 6) is -0.625. The van der Waals surface area contributed by atoms with Crippen molar-refractivity contribution >= 4 is 9.84 Å². The zero-order valence-electron chi connectivity index (χ0n) is 5.40. The summed E-state index contributed by atoms with van der Waals surface area (Å²) < 4.78 is 21.0. The number of nitrogens with zero attached hydrogens (tertiary/aromatic N) is 1. The van der Waals surface area contributed by atoms with Crippen LogP contribution in [0, 0.1) is 10.1 Å². The van der Waals surface area contributed by atoms with E-state index in [4.69, 9.17) is 0 Å². The van der Waals surface area contributed by atoms with Gasteiger partial charge in [-0.15, -0.1) is 0 Å². The molecule has 0 spiro atoms. The van der Waals surface area contributed by atoms with E-state index in [1.54, 1.807) is 0 Å². The van der Waals surface area contributed by atoms with Gasteiger partial charge in [0, 0.05) is 11.8 Å². The van der Waals surface area contributed by atoms with Crippen LogP contribution in [-0.2, 0) is 9.84 Å². The molecule has 5 nitrogen and oxygen atoms in total. The van der Waals surface area contributed by atoms with Crippen LogP contribution in [0.1, 0.15) is 6.92 Å². The Balaban J connectivity index is 2.76. The van der Waals surface area contributed by atoms with Crippen LogP contribution in [0.5, 0.6) is 0 Å². The predicted octanol–water partition coefficient (Wildman–Crippen LogP) is -0.550. The van der Waals surface area contributed by atoms with E-state index in [0.717, 1.165) is 0 Å². The van der Waals surface area contributed by atoms with Gasteiger partial charge >= 0.3 is 0 Å². The summed E-state index contributed by atoms with van der Waals surface area (Å²) in [7, 11) is -3.08. The molecule has 0 radical (unpaired) electrons. The van der Waals surface area contributed by atoms with Crippen LogP contribution in [0.15, 0.2) is 0 Å². The Labute approximate surface area is 58.1 Å². The molecule has 0 unspecified atom stereocenters. The Morgan fingerprint density at radius 2 is 1.90 bits per heavy atom. The summed E-state index contributed by atoms with van der Waals surface area (Å²) >= 11 is 0. The van der Waals surface area contributed by atoms with Crippen LogP contribution >= 0.6 is 0 Å². The van der Waals surface area contributed by atoms with Crippen molar-refractivity contribution in [2.75, 3.05) is 11.5 Å². The van der Waals surface area contributed by atoms with Crippen LogP contribution in [0.2, 0.25) is 0 Å². The van der Waals surface area contributed by atoms with Crippen molar-refractivity contribution < 1.29 is 13.3 Å². The predicted molar refractivity (Wildman–Crippen MR) is 34.1 cm³/mol. The highest BCUT2D eigenvalue weighted by atomic mass is 32.2. The van der Waals surface area contributed by atoms with Gasteiger partial charge in [-0.1, -0.05) is 0 Å². The third-order valence-electron chi connectivity index (χ3n) is 1.50. The molecule has 1 saturated heterocycles. The molecule has 0 aromatic rings. The minimum Gasteiger partial charge on any atom is -0.264 e. The molecule has 58 valence electrons. The zero-order chi connectivity index (χ0) is 7.99. The number of hydrogen-bond donors (Lipinski definition) is 0. The lowest BCUT2D eigenvalue weighted by Gasteiger charge is -2.28. The van der Waals surface area contributed by atoms with Crippen LogP contribution in [0.25, 0.3) is 0 Å². The van der Waals surface area contributed by atoms with Crippen molar-refractivity contribution in [3.63, 3.8) is 0 Å². The van der Waals surface area contributed by atoms with Crippen LogP contribution in [-0.4, -0.2) is 30.4 Å². The van der Waals surface area contributed by atoms with Crippen molar-refractivity contribution in [2.45, 2.75) is 12.5 Å². The molecule has 0 atom stereocenters. The monoisotopic (exact) mass is 165 g/mol. The van der Waals surface area contributed by atoms with E-state index < -0.39 is 20.3 Å². The van der Waals surface area contributed by atoms with Gasteiger partial charge in [-0.05, 0) is 0 Å². The maximum absolute atomic E-state index is 10.5. The molecular formula is C4H7NO4S. The van der Waals surface area contributed by atoms with Crippen LogP contribution in [0.3, 0.4) is 0 Å². The maximum Gasteiger partial charge on any atom is 0.247 e. The Bertz CT molecular complexity index is 255. The van der Waals surface area contributed by atoms with Crippen molar-refractivity contribution in [1.29, 1.82) is 0 Å². The molecule has 0 amide bonds. The van der Waals surface area contributed by atoms with Gasteiger partial charge in [0.05, 0.1) is 0 Å². The molecule has 0 bridgehead atoms. The van der Waals surface area contributed by atoms with E-state index in [0.29, 0.717) is 0 Å². The fourth-order valence-corrected chi connectivity index (χ4v) is 3.03. The van der Waals surface area contributed by atoms with Crippen molar-refractivity contribution in [3.8, 4) is 0 Å². The first-order chi connectivity index (χ1) is 4.36. The first-order valence-corrected chi connectivity index (χ1v) is 4.53. The van der Waals surface area contributed by atoms with Crippen LogP contribution in [0.4, 0.5) is 0 Å². The topological polar surface area (TPSA) is 77.3 Å². The molecule has 6 heteroatoms. The van der Waals surface area contributed by atoms with Gasteiger partial charge in [0.1, 0.15) is 11.5 Å². The second kappa shape index (κ2) is 1.69. The summed E-state index contributed by atoms with van der Waals surface area (Å²) in [5, 5.41) is 10.1. The molecule has 1 aliphatic heterocycles. The molecule has 0 aromatic carbocycles. The first-order valence-electron chi connectivity index (χ1n) is 2.71. The lowest BCUT2D eigenvalue weighted by Crippen LogP contribution is -2.57. The van der Waals surface area contributed by atoms with Gasteiger partial charge in [-0.2, -0.15) is 0 Å². The highest BCUT2D eigenvalue weighted by Crippen LogP contribution is 2.25. The summed E-state index contributed by atoms with van der Waals surface area (Å²) in [6, 6.07) is 0. The van der Waals surface area contributed by atoms with Gasteiger partial charge < -0.3 is 0 Å². The minimum atomic E-state index is -3.08. The second-order valence-electron chi connectivity index (χ2n) is 2.79. The Hall–Kier alpha value is -0.650. The Kier molecular flexibility index (Phi) is 1.26. The normalized spacial score (nSPS) is 26.9. The molecule has 0 N–H and O–H groups in total. The van der Waals surface area contributed by atoms with E-state index >= 15 is 0 Å². The summed E-state index contributed by atoms with van der Waals surface area (Å²) in [6.45, 7) is 1.34. The van der Waals surface area contributed by atoms with E-state index in [1.165, 1.54) is 6.92 Å². The van der Waals surface area contributed by atoms with E-state index in [9.17, 15) is 18.5 Å². The molecule has 1 aliphatic rings. The highest BCUT2D eigenvalue weighted by molar-refractivity contribution is 7.93. The second-order valence-corrected chi connectivity index (χ2v) is 4.85. The summed E-state index contributed by atoms with van der Waals surface area (Å²) in [5.41, 5.74) is -1.21. The fraction of sp³-hybridized carbons (Fsp3) is 1.00. The van der Waals surface area contributed by atoms with Crippen molar-refractivity contribution in [2.24, 2.45) is 0 Å². The SMILES string of the molecule is CC1([N+](=O)[O-])CS(=O)(=O)C1. The van der Waals surface area contributed by atoms with Gasteiger partial charge in [0.25, 0.3) is 0 Å². The molecule has 10 heavy (non-hydrogen) atoms. The first kappa shape index (κ1) is 7.46. The Morgan fingerprint density at radius 3 is 2.00 bits per heavy atom. The average Bonchev–Trinajstić information content (AvgIpc) is 1.59. The number of rotatable bonds is 1. The molecule has 0 aliphatic carbocycles. The van der Waals surface area contributed by atoms with Gasteiger partial charge in [0.15, 0.2) is 9.84 Å². The fourth-order valence-electron chi connectivity index (χ4n) is 1.01. The highest BCUT2D eigenvalue weighted by Gasteiger charge is 2.55. The smallest absolute Gasteiger partial charge is 0.247 e. The Morgan fingerprint density at radius 1 is 1.50 bits per heavy atom. The molecule has 1 heterocycles. The molecule has 1 fully saturated rings. The molecule has 0 saturated carbocycles. The van der Waals surface area contributed by atoms with Gasteiger partial charge in [-0.3, -0.25) is 10.1 Å². The molecular weight excluding hydrogens is 158 g/mol. The molecule has 1 rings (SSSR count). The third kappa shape index (κ3) is 0.985. The van der Waals surface area contributed by atoms with Crippen molar-refractivity contribution in [1.82, 2.24) is 0 Å². The van der Waals surface area contributed by atoms with E-state index in [2.05, 4.69) is 0 Å². The van der Waals surface area contributed by atoms with Gasteiger partial charge in [-0.25, -0.2) is 8.42 Å². The molecule has 0 aromatic heterocycles. The van der Waals surface area contributed by atoms with Gasteiger partial charge in [0.2, 0.25) is 5.54 Å². The van der Waals surface area contributed by atoms with Crippen LogP contribution < -0.4 is 0 Å². The minimum absolute atomic E-state index is 0.312. The third-order valence-corrected chi connectivity index (χ3v) is 3.63. The van der Waals surface area contributed by atoms with Crippen molar-refractivity contribution in [3.05, 3.63) is 10.1 Å². The van der Waals surface area contributed by atoms with E-state index in [-0.39, 0.29) is 11.5 Å². The quantitative estimate of drug-likeness (QED) is 0.386. The summed E-state index contributed by atoms with van der Waals surface area (Å²) in [6.07, 6.45) is 0.